The van der Waals surface area contributed by atoms with Crippen molar-refractivity contribution >= 4 is 22.8 Å². The first-order chi connectivity index (χ1) is 11.0. The molecule has 7 nitrogen and oxygen atoms in total. The lowest BCUT2D eigenvalue weighted by atomic mass is 10.1. The number of amides is 2. The Hall–Kier alpha value is -2.41. The number of aliphatic hydroxyl groups excluding tert-OH is 1. The number of hydrogen-bond acceptors (Lipinski definition) is 4. The summed E-state index contributed by atoms with van der Waals surface area (Å²) >= 11 is 0. The molecule has 0 radical (unpaired) electrons. The van der Waals surface area contributed by atoms with Crippen LogP contribution in [0.5, 0.6) is 0 Å². The number of carbonyl (C=O) groups excluding carboxylic acids is 2. The maximum atomic E-state index is 12.6. The molecule has 1 saturated heterocycles. The van der Waals surface area contributed by atoms with Crippen molar-refractivity contribution in [1.29, 1.82) is 0 Å². The van der Waals surface area contributed by atoms with Crippen LogP contribution in [0.25, 0.3) is 11.0 Å². The molecular weight excluding hydrogens is 296 g/mol. The van der Waals surface area contributed by atoms with E-state index < -0.39 is 6.10 Å². The Morgan fingerprint density at radius 3 is 2.48 bits per heavy atom. The standard InChI is InChI=1S/C16H20N4O3/c1-11(21)15(22)19-5-7-20(8-6-19)16(23)12-3-4-14-13(9-12)17-10-18(14)2/h3-4,9-11,21H,5-8H2,1-2H3. The predicted octanol–water partition coefficient (Wildman–Crippen LogP) is 0.238. The summed E-state index contributed by atoms with van der Waals surface area (Å²) in [5, 5.41) is 9.35. The second-order valence-corrected chi connectivity index (χ2v) is 5.85. The lowest BCUT2D eigenvalue weighted by Gasteiger charge is -2.35. The van der Waals surface area contributed by atoms with Crippen LogP contribution in [-0.2, 0) is 11.8 Å². The highest BCUT2D eigenvalue weighted by molar-refractivity contribution is 5.97. The molecule has 2 heterocycles. The van der Waals surface area contributed by atoms with E-state index in [-0.39, 0.29) is 11.8 Å². The van der Waals surface area contributed by atoms with E-state index in [4.69, 9.17) is 0 Å². The zero-order chi connectivity index (χ0) is 16.6. The fraction of sp³-hybridized carbons (Fsp3) is 0.438. The molecule has 2 amide bonds. The van der Waals surface area contributed by atoms with Crippen LogP contribution in [0.1, 0.15) is 17.3 Å². The summed E-state index contributed by atoms with van der Waals surface area (Å²) in [5.41, 5.74) is 2.38. The number of benzene rings is 1. The first kappa shape index (κ1) is 15.5. The maximum Gasteiger partial charge on any atom is 0.254 e. The van der Waals surface area contributed by atoms with E-state index in [1.54, 1.807) is 28.3 Å². The molecule has 1 N–H and O–H groups in total. The van der Waals surface area contributed by atoms with Gasteiger partial charge in [0.05, 0.1) is 17.4 Å². The number of imidazole rings is 1. The molecule has 3 rings (SSSR count). The number of piperazine rings is 1. The summed E-state index contributed by atoms with van der Waals surface area (Å²) in [6.07, 6.45) is 0.725. The minimum atomic E-state index is -0.996. The summed E-state index contributed by atoms with van der Waals surface area (Å²) in [7, 11) is 1.91. The molecule has 0 spiro atoms. The topological polar surface area (TPSA) is 78.7 Å². The van der Waals surface area contributed by atoms with Crippen LogP contribution in [0.2, 0.25) is 0 Å². The number of hydrogen-bond donors (Lipinski definition) is 1. The van der Waals surface area contributed by atoms with E-state index in [1.807, 2.05) is 17.7 Å². The Bertz CT molecular complexity index is 745. The third kappa shape index (κ3) is 2.92. The molecule has 1 unspecified atom stereocenters. The van der Waals surface area contributed by atoms with Crippen LogP contribution in [0, 0.1) is 0 Å². The number of rotatable bonds is 2. The van der Waals surface area contributed by atoms with Crippen LogP contribution < -0.4 is 0 Å². The molecule has 0 saturated carbocycles. The van der Waals surface area contributed by atoms with E-state index >= 15 is 0 Å². The van der Waals surface area contributed by atoms with Gasteiger partial charge in [-0.15, -0.1) is 0 Å². The highest BCUT2D eigenvalue weighted by Gasteiger charge is 2.26. The van der Waals surface area contributed by atoms with Gasteiger partial charge in [0.15, 0.2) is 0 Å². The quantitative estimate of drug-likeness (QED) is 0.861. The van der Waals surface area contributed by atoms with Gasteiger partial charge in [0.25, 0.3) is 11.8 Å². The average Bonchev–Trinajstić information content (AvgIpc) is 2.94. The largest absolute Gasteiger partial charge is 0.384 e. The number of carbonyl (C=O) groups is 2. The summed E-state index contributed by atoms with van der Waals surface area (Å²) in [5.74, 6) is -0.339. The van der Waals surface area contributed by atoms with E-state index in [2.05, 4.69) is 4.98 Å². The van der Waals surface area contributed by atoms with Gasteiger partial charge in [-0.3, -0.25) is 9.59 Å². The van der Waals surface area contributed by atoms with Gasteiger partial charge < -0.3 is 19.5 Å². The van der Waals surface area contributed by atoms with Gasteiger partial charge in [-0.2, -0.15) is 0 Å². The Kier molecular flexibility index (Phi) is 4.04. The summed E-state index contributed by atoms with van der Waals surface area (Å²) in [4.78, 5) is 32.0. The molecule has 1 aromatic heterocycles. The summed E-state index contributed by atoms with van der Waals surface area (Å²) in [6.45, 7) is 3.29. The van der Waals surface area contributed by atoms with E-state index in [9.17, 15) is 14.7 Å². The molecule has 1 aliphatic heterocycles. The Labute approximate surface area is 134 Å². The Morgan fingerprint density at radius 1 is 1.17 bits per heavy atom. The number of fused-ring (bicyclic) bond motifs is 1. The average molecular weight is 316 g/mol. The molecular formula is C16H20N4O3. The van der Waals surface area contributed by atoms with Crippen LogP contribution in [0.4, 0.5) is 0 Å². The molecule has 1 aliphatic rings. The van der Waals surface area contributed by atoms with Crippen LogP contribution in [0.15, 0.2) is 24.5 Å². The third-order valence-corrected chi connectivity index (χ3v) is 4.21. The van der Waals surface area contributed by atoms with Crippen molar-refractivity contribution in [3.63, 3.8) is 0 Å². The van der Waals surface area contributed by atoms with Gasteiger partial charge in [-0.1, -0.05) is 0 Å². The van der Waals surface area contributed by atoms with Crippen molar-refractivity contribution in [3.05, 3.63) is 30.1 Å². The number of aliphatic hydroxyl groups is 1. The molecule has 1 fully saturated rings. The molecule has 2 aromatic rings. The highest BCUT2D eigenvalue weighted by Crippen LogP contribution is 2.16. The second kappa shape index (κ2) is 6.00. The van der Waals surface area contributed by atoms with Crippen molar-refractivity contribution in [2.24, 2.45) is 7.05 Å². The van der Waals surface area contributed by atoms with Gasteiger partial charge in [0.1, 0.15) is 6.10 Å². The number of aromatic nitrogens is 2. The molecule has 0 aliphatic carbocycles. The van der Waals surface area contributed by atoms with Crippen molar-refractivity contribution in [2.75, 3.05) is 26.2 Å². The van der Waals surface area contributed by atoms with Crippen LogP contribution in [0.3, 0.4) is 0 Å². The fourth-order valence-corrected chi connectivity index (χ4v) is 2.85. The molecule has 122 valence electrons. The van der Waals surface area contributed by atoms with Crippen molar-refractivity contribution < 1.29 is 14.7 Å². The van der Waals surface area contributed by atoms with E-state index in [0.717, 1.165) is 11.0 Å². The fourth-order valence-electron chi connectivity index (χ4n) is 2.85. The normalized spacial score (nSPS) is 16.7. The Balaban J connectivity index is 1.70. The van der Waals surface area contributed by atoms with Crippen molar-refractivity contribution in [2.45, 2.75) is 13.0 Å². The highest BCUT2D eigenvalue weighted by atomic mass is 16.3. The minimum absolute atomic E-state index is 0.0540. The number of nitrogens with zero attached hydrogens (tertiary/aromatic N) is 4. The SMILES string of the molecule is CC(O)C(=O)N1CCN(C(=O)c2ccc3c(c2)ncn3C)CC1. The lowest BCUT2D eigenvalue weighted by molar-refractivity contribution is -0.140. The molecule has 1 atom stereocenters. The van der Waals surface area contributed by atoms with Gasteiger partial charge in [-0.25, -0.2) is 4.98 Å². The number of aryl methyl sites for hydroxylation is 1. The van der Waals surface area contributed by atoms with Crippen LogP contribution >= 0.6 is 0 Å². The van der Waals surface area contributed by atoms with Crippen LogP contribution in [-0.4, -0.2) is 68.6 Å². The summed E-state index contributed by atoms with van der Waals surface area (Å²) < 4.78 is 1.91. The van der Waals surface area contributed by atoms with Crippen molar-refractivity contribution in [3.8, 4) is 0 Å². The first-order valence-electron chi connectivity index (χ1n) is 7.64. The second-order valence-electron chi connectivity index (χ2n) is 5.85. The third-order valence-electron chi connectivity index (χ3n) is 4.21. The van der Waals surface area contributed by atoms with Gasteiger partial charge in [0.2, 0.25) is 0 Å². The Morgan fingerprint density at radius 2 is 1.83 bits per heavy atom. The predicted molar refractivity (Wildman–Crippen MR) is 84.9 cm³/mol. The molecule has 0 bridgehead atoms. The maximum absolute atomic E-state index is 12.6. The van der Waals surface area contributed by atoms with E-state index in [0.29, 0.717) is 31.7 Å². The smallest absolute Gasteiger partial charge is 0.254 e. The van der Waals surface area contributed by atoms with Gasteiger partial charge >= 0.3 is 0 Å². The molecule has 1 aromatic carbocycles. The van der Waals surface area contributed by atoms with Gasteiger partial charge in [-0.05, 0) is 25.1 Å². The minimum Gasteiger partial charge on any atom is -0.384 e. The molecule has 23 heavy (non-hydrogen) atoms. The molecule has 7 heteroatoms. The van der Waals surface area contributed by atoms with Crippen molar-refractivity contribution in [1.82, 2.24) is 19.4 Å². The first-order valence-corrected chi connectivity index (χ1v) is 7.64. The summed E-state index contributed by atoms with van der Waals surface area (Å²) in [6, 6.07) is 5.49. The zero-order valence-corrected chi connectivity index (χ0v) is 13.3. The van der Waals surface area contributed by atoms with E-state index in [1.165, 1.54) is 6.92 Å². The zero-order valence-electron chi connectivity index (χ0n) is 13.3. The monoisotopic (exact) mass is 316 g/mol. The van der Waals surface area contributed by atoms with Gasteiger partial charge in [0, 0.05) is 38.8 Å². The lowest BCUT2D eigenvalue weighted by Crippen LogP contribution is -2.52.